The van der Waals surface area contributed by atoms with Gasteiger partial charge in [0, 0.05) is 24.6 Å². The molecule has 0 atom stereocenters. The molecule has 0 bridgehead atoms. The zero-order valence-corrected chi connectivity index (χ0v) is 10.9. The van der Waals surface area contributed by atoms with E-state index >= 15 is 0 Å². The SMILES string of the molecule is CS(=O)(=O)c1cc(OC(=O)O)cc(S(C)(=O)=O)n1. The maximum absolute atomic E-state index is 11.3. The van der Waals surface area contributed by atoms with Crippen molar-refractivity contribution in [2.75, 3.05) is 12.5 Å². The number of sulfone groups is 2. The third-order valence-electron chi connectivity index (χ3n) is 1.72. The van der Waals surface area contributed by atoms with Crippen LogP contribution < -0.4 is 4.74 Å². The number of ether oxygens (including phenoxy) is 1. The fourth-order valence-electron chi connectivity index (χ4n) is 0.998. The predicted octanol–water partition coefficient (Wildman–Crippen LogP) is -0.0546. The summed E-state index contributed by atoms with van der Waals surface area (Å²) in [4.78, 5) is 13.8. The lowest BCUT2D eigenvalue weighted by atomic mass is 10.4. The highest BCUT2D eigenvalue weighted by Crippen LogP contribution is 2.20. The summed E-state index contributed by atoms with van der Waals surface area (Å²) in [6.45, 7) is 0. The van der Waals surface area contributed by atoms with Crippen LogP contribution in [0.4, 0.5) is 4.79 Å². The summed E-state index contributed by atoms with van der Waals surface area (Å²) in [7, 11) is -7.58. The lowest BCUT2D eigenvalue weighted by Crippen LogP contribution is -2.10. The van der Waals surface area contributed by atoms with E-state index in [9.17, 15) is 21.6 Å². The summed E-state index contributed by atoms with van der Waals surface area (Å²) in [6, 6.07) is 1.66. The number of aromatic nitrogens is 1. The Bertz CT molecular complexity index is 640. The molecule has 0 unspecified atom stereocenters. The molecule has 0 amide bonds. The molecule has 100 valence electrons. The Kier molecular flexibility index (Phi) is 3.62. The molecule has 0 spiro atoms. The van der Waals surface area contributed by atoms with Crippen LogP contribution in [0, 0.1) is 0 Å². The largest absolute Gasteiger partial charge is 0.511 e. The molecule has 0 saturated carbocycles. The van der Waals surface area contributed by atoms with Gasteiger partial charge in [-0.1, -0.05) is 0 Å². The van der Waals surface area contributed by atoms with Crippen molar-refractivity contribution in [2.45, 2.75) is 10.1 Å². The lowest BCUT2D eigenvalue weighted by molar-refractivity contribution is 0.144. The zero-order valence-electron chi connectivity index (χ0n) is 9.32. The highest BCUT2D eigenvalue weighted by atomic mass is 32.2. The topological polar surface area (TPSA) is 128 Å². The molecule has 1 aromatic heterocycles. The molecule has 0 aliphatic rings. The number of hydrogen-bond acceptors (Lipinski definition) is 7. The minimum absolute atomic E-state index is 0.432. The van der Waals surface area contributed by atoms with Crippen molar-refractivity contribution in [3.8, 4) is 5.75 Å². The summed E-state index contributed by atoms with van der Waals surface area (Å²) in [5.41, 5.74) is 0. The molecule has 1 heterocycles. The van der Waals surface area contributed by atoms with Crippen molar-refractivity contribution in [3.05, 3.63) is 12.1 Å². The Morgan fingerprint density at radius 2 is 1.50 bits per heavy atom. The van der Waals surface area contributed by atoms with Gasteiger partial charge in [0.05, 0.1) is 0 Å². The monoisotopic (exact) mass is 295 g/mol. The van der Waals surface area contributed by atoms with Gasteiger partial charge in [-0.3, -0.25) is 0 Å². The molecular formula is C8H9NO7S2. The lowest BCUT2D eigenvalue weighted by Gasteiger charge is -2.05. The molecule has 1 aromatic rings. The van der Waals surface area contributed by atoms with E-state index in [-0.39, 0.29) is 0 Å². The first-order valence-corrected chi connectivity index (χ1v) is 8.11. The molecule has 18 heavy (non-hydrogen) atoms. The maximum atomic E-state index is 11.3. The number of pyridine rings is 1. The molecule has 1 rings (SSSR count). The molecule has 0 aliphatic heterocycles. The summed E-state index contributed by atoms with van der Waals surface area (Å²) in [5, 5.41) is 7.25. The molecule has 0 fully saturated rings. The minimum atomic E-state index is -3.79. The van der Waals surface area contributed by atoms with Crippen LogP contribution >= 0.6 is 0 Å². The Hall–Kier alpha value is -1.68. The van der Waals surface area contributed by atoms with E-state index in [0.717, 1.165) is 24.6 Å². The maximum Gasteiger partial charge on any atom is 0.511 e. The van der Waals surface area contributed by atoms with Crippen molar-refractivity contribution >= 4 is 25.8 Å². The number of nitrogens with zero attached hydrogens (tertiary/aromatic N) is 1. The zero-order chi connectivity index (χ0) is 14.1. The van der Waals surface area contributed by atoms with Gasteiger partial charge in [0.2, 0.25) is 0 Å². The van der Waals surface area contributed by atoms with Gasteiger partial charge >= 0.3 is 6.16 Å². The standard InChI is InChI=1S/C8H9NO7S2/c1-17(12,13)6-3-5(16-8(10)11)4-7(9-6)18(2,14)15/h3-4H,1-2H3,(H,10,11). The molecule has 8 nitrogen and oxygen atoms in total. The minimum Gasteiger partial charge on any atom is -0.449 e. The van der Waals surface area contributed by atoms with Crippen molar-refractivity contribution in [1.82, 2.24) is 4.98 Å². The van der Waals surface area contributed by atoms with Gasteiger partial charge in [-0.2, -0.15) is 0 Å². The Morgan fingerprint density at radius 1 is 1.11 bits per heavy atom. The van der Waals surface area contributed by atoms with E-state index in [1.165, 1.54) is 0 Å². The smallest absolute Gasteiger partial charge is 0.449 e. The van der Waals surface area contributed by atoms with Crippen molar-refractivity contribution in [1.29, 1.82) is 0 Å². The number of rotatable bonds is 3. The molecule has 0 aliphatic carbocycles. The Labute approximate surface area is 103 Å². The molecule has 10 heteroatoms. The molecule has 0 aromatic carbocycles. The summed E-state index contributed by atoms with van der Waals surface area (Å²) in [6.07, 6.45) is -0.0715. The summed E-state index contributed by atoms with van der Waals surface area (Å²) in [5.74, 6) is -0.432. The average Bonchev–Trinajstić information content (AvgIpc) is 2.13. The third-order valence-corrected chi connectivity index (χ3v) is 3.65. The fraction of sp³-hybridized carbons (Fsp3) is 0.250. The number of hydrogen-bond donors (Lipinski definition) is 1. The van der Waals surface area contributed by atoms with Crippen LogP contribution in [0.15, 0.2) is 22.2 Å². The van der Waals surface area contributed by atoms with E-state index in [4.69, 9.17) is 5.11 Å². The van der Waals surface area contributed by atoms with Crippen molar-refractivity contribution in [2.24, 2.45) is 0 Å². The molecule has 0 radical (unpaired) electrons. The van der Waals surface area contributed by atoms with Crippen LogP contribution in [0.2, 0.25) is 0 Å². The quantitative estimate of drug-likeness (QED) is 0.768. The first-order valence-electron chi connectivity index (χ1n) is 4.33. The number of carbonyl (C=O) groups is 1. The van der Waals surface area contributed by atoms with Crippen LogP contribution in [-0.2, 0) is 19.7 Å². The second-order valence-corrected chi connectivity index (χ2v) is 7.32. The van der Waals surface area contributed by atoms with Crippen LogP contribution in [0.1, 0.15) is 0 Å². The third kappa shape index (κ3) is 3.67. The van der Waals surface area contributed by atoms with Crippen LogP contribution in [0.3, 0.4) is 0 Å². The molecular weight excluding hydrogens is 286 g/mol. The van der Waals surface area contributed by atoms with E-state index in [2.05, 4.69) is 9.72 Å². The highest BCUT2D eigenvalue weighted by molar-refractivity contribution is 7.91. The van der Waals surface area contributed by atoms with Crippen LogP contribution in [0.25, 0.3) is 0 Å². The van der Waals surface area contributed by atoms with Gasteiger partial charge in [0.1, 0.15) is 5.75 Å². The summed E-state index contributed by atoms with van der Waals surface area (Å²) < 4.78 is 49.4. The molecule has 0 saturated heterocycles. The van der Waals surface area contributed by atoms with Crippen molar-refractivity contribution in [3.63, 3.8) is 0 Å². The highest BCUT2D eigenvalue weighted by Gasteiger charge is 2.19. The Balaban J connectivity index is 3.53. The van der Waals surface area contributed by atoms with E-state index in [1.807, 2.05) is 0 Å². The second kappa shape index (κ2) is 4.53. The van der Waals surface area contributed by atoms with Crippen molar-refractivity contribution < 1.29 is 31.5 Å². The van der Waals surface area contributed by atoms with E-state index < -0.39 is 41.6 Å². The van der Waals surface area contributed by atoms with Gasteiger partial charge in [-0.25, -0.2) is 26.6 Å². The predicted molar refractivity (Wildman–Crippen MR) is 59.1 cm³/mol. The van der Waals surface area contributed by atoms with Gasteiger partial charge in [-0.15, -0.1) is 0 Å². The average molecular weight is 295 g/mol. The number of carboxylic acid groups (broad SMARTS) is 1. The normalized spacial score (nSPS) is 12.1. The Morgan fingerprint density at radius 3 is 1.78 bits per heavy atom. The second-order valence-electron chi connectivity index (χ2n) is 3.39. The van der Waals surface area contributed by atoms with E-state index in [0.29, 0.717) is 0 Å². The summed E-state index contributed by atoms with van der Waals surface area (Å²) >= 11 is 0. The van der Waals surface area contributed by atoms with Gasteiger partial charge in [0.25, 0.3) is 0 Å². The van der Waals surface area contributed by atoms with Gasteiger partial charge < -0.3 is 9.84 Å². The van der Waals surface area contributed by atoms with Gasteiger partial charge in [0.15, 0.2) is 29.7 Å². The van der Waals surface area contributed by atoms with Crippen LogP contribution in [-0.4, -0.2) is 45.6 Å². The first kappa shape index (κ1) is 14.4. The van der Waals surface area contributed by atoms with E-state index in [1.54, 1.807) is 0 Å². The van der Waals surface area contributed by atoms with Crippen LogP contribution in [0.5, 0.6) is 5.75 Å². The van der Waals surface area contributed by atoms with Gasteiger partial charge in [-0.05, 0) is 0 Å². The molecule has 1 N–H and O–H groups in total. The first-order chi connectivity index (χ1) is 8.00. The fourth-order valence-corrected chi connectivity index (χ4v) is 2.24.